The van der Waals surface area contributed by atoms with Crippen LogP contribution in [-0.4, -0.2) is 4.98 Å². The minimum atomic E-state index is 0. The first-order valence-electron chi connectivity index (χ1n) is 4.40. The summed E-state index contributed by atoms with van der Waals surface area (Å²) in [6, 6.07) is 16.8. The molecule has 3 aromatic rings. The molecule has 1 nitrogen and oxygen atoms in total. The van der Waals surface area contributed by atoms with Crippen LogP contribution in [0.25, 0.3) is 21.8 Å². The van der Waals surface area contributed by atoms with Gasteiger partial charge in [-0.15, -0.1) is 0 Å². The van der Waals surface area contributed by atoms with Gasteiger partial charge in [-0.3, -0.25) is 0 Å². The van der Waals surface area contributed by atoms with Crippen LogP contribution in [0.3, 0.4) is 0 Å². The van der Waals surface area contributed by atoms with E-state index in [1.54, 1.807) is 0 Å². The van der Waals surface area contributed by atoms with Crippen LogP contribution in [0.4, 0.5) is 0 Å². The van der Waals surface area contributed by atoms with E-state index in [0.29, 0.717) is 0 Å². The number of benzene rings is 2. The molecule has 2 aromatic carbocycles. The Labute approximate surface area is 92.6 Å². The molecule has 0 unspecified atom stereocenters. The molecule has 0 spiro atoms. The van der Waals surface area contributed by atoms with Gasteiger partial charge in [-0.2, -0.15) is 0 Å². The molecule has 0 radical (unpaired) electrons. The van der Waals surface area contributed by atoms with Gasteiger partial charge < -0.3 is 4.98 Å². The summed E-state index contributed by atoms with van der Waals surface area (Å²) in [6.07, 6.45) is 0. The van der Waals surface area contributed by atoms with Crippen LogP contribution >= 0.6 is 0 Å². The molecule has 0 bridgehead atoms. The predicted octanol–water partition coefficient (Wildman–Crippen LogP) is 3.32. The van der Waals surface area contributed by atoms with Crippen molar-refractivity contribution in [3.8, 4) is 0 Å². The van der Waals surface area contributed by atoms with Gasteiger partial charge >= 0.3 is 0 Å². The Morgan fingerprint density at radius 2 is 1.07 bits per heavy atom. The van der Waals surface area contributed by atoms with E-state index in [4.69, 9.17) is 0 Å². The minimum Gasteiger partial charge on any atom is -0.355 e. The molecule has 0 aliphatic rings. The number of hydrogen-bond donors (Lipinski definition) is 1. The number of fused-ring (bicyclic) bond motifs is 3. The van der Waals surface area contributed by atoms with E-state index in [9.17, 15) is 0 Å². The number of hydrogen-bond acceptors (Lipinski definition) is 0. The van der Waals surface area contributed by atoms with E-state index in [2.05, 4.69) is 53.5 Å². The fourth-order valence-electron chi connectivity index (χ4n) is 1.80. The first-order chi connectivity index (χ1) is 6.45. The van der Waals surface area contributed by atoms with Crippen LogP contribution in [-0.2, 0) is 17.1 Å². The molecule has 0 aliphatic heterocycles. The smallest absolute Gasteiger partial charge is 0.0464 e. The molecular formula is C12H9FeN. The Kier molecular flexibility index (Phi) is 2.32. The van der Waals surface area contributed by atoms with Crippen LogP contribution in [0.5, 0.6) is 0 Å². The summed E-state index contributed by atoms with van der Waals surface area (Å²) >= 11 is 0. The fourth-order valence-corrected chi connectivity index (χ4v) is 1.80. The zero-order valence-electron chi connectivity index (χ0n) is 7.47. The molecule has 0 fully saturated rings. The Hall–Kier alpha value is -1.24. The van der Waals surface area contributed by atoms with Crippen molar-refractivity contribution in [1.82, 2.24) is 4.98 Å². The largest absolute Gasteiger partial charge is 0.355 e. The number of aromatic amines is 1. The van der Waals surface area contributed by atoms with Gasteiger partial charge in [0.2, 0.25) is 0 Å². The van der Waals surface area contributed by atoms with Gasteiger partial charge in [-0.25, -0.2) is 0 Å². The number of H-pyrrole nitrogens is 1. The van der Waals surface area contributed by atoms with Gasteiger partial charge in [0.1, 0.15) is 0 Å². The molecule has 3 rings (SSSR count). The second-order valence-electron chi connectivity index (χ2n) is 3.22. The number of para-hydroxylation sites is 2. The second kappa shape index (κ2) is 3.49. The van der Waals surface area contributed by atoms with E-state index in [0.717, 1.165) is 0 Å². The van der Waals surface area contributed by atoms with Crippen LogP contribution in [0, 0.1) is 0 Å². The third-order valence-corrected chi connectivity index (χ3v) is 2.41. The summed E-state index contributed by atoms with van der Waals surface area (Å²) < 4.78 is 0. The van der Waals surface area contributed by atoms with Gasteiger partial charge in [-0.1, -0.05) is 36.4 Å². The zero-order chi connectivity index (χ0) is 8.67. The maximum absolute atomic E-state index is 3.38. The fraction of sp³-hybridized carbons (Fsp3) is 0. The Balaban J connectivity index is 0.000000750. The molecule has 2 heteroatoms. The van der Waals surface area contributed by atoms with E-state index in [-0.39, 0.29) is 17.1 Å². The van der Waals surface area contributed by atoms with Crippen molar-refractivity contribution in [3.63, 3.8) is 0 Å². The summed E-state index contributed by atoms with van der Waals surface area (Å²) in [4.78, 5) is 3.38. The van der Waals surface area contributed by atoms with Gasteiger partial charge in [-0.05, 0) is 12.1 Å². The standard InChI is InChI=1S/C12H9N.Fe/c1-3-7-11-9(5-1)10-6-2-4-8-12(10)13-11;/h1-8,13H;. The van der Waals surface area contributed by atoms with E-state index in [1.165, 1.54) is 21.8 Å². The number of rotatable bonds is 0. The Morgan fingerprint density at radius 3 is 1.57 bits per heavy atom. The van der Waals surface area contributed by atoms with Crippen molar-refractivity contribution in [3.05, 3.63) is 48.5 Å². The third kappa shape index (κ3) is 1.24. The van der Waals surface area contributed by atoms with Gasteiger partial charge in [0.25, 0.3) is 0 Å². The van der Waals surface area contributed by atoms with Crippen molar-refractivity contribution in [2.75, 3.05) is 0 Å². The first-order valence-corrected chi connectivity index (χ1v) is 4.40. The zero-order valence-corrected chi connectivity index (χ0v) is 8.58. The van der Waals surface area contributed by atoms with Crippen molar-refractivity contribution in [2.24, 2.45) is 0 Å². The van der Waals surface area contributed by atoms with Crippen molar-refractivity contribution < 1.29 is 17.1 Å². The maximum Gasteiger partial charge on any atom is 0.0464 e. The first kappa shape index (κ1) is 9.32. The molecule has 0 saturated heterocycles. The summed E-state index contributed by atoms with van der Waals surface area (Å²) in [6.45, 7) is 0. The molecule has 0 aliphatic carbocycles. The third-order valence-electron chi connectivity index (χ3n) is 2.41. The molecule has 0 saturated carbocycles. The normalized spacial score (nSPS) is 10.3. The minimum absolute atomic E-state index is 0. The van der Waals surface area contributed by atoms with Crippen LogP contribution in [0.15, 0.2) is 48.5 Å². The summed E-state index contributed by atoms with van der Waals surface area (Å²) in [5.41, 5.74) is 2.42. The SMILES string of the molecule is [Fe].c1ccc2c(c1)[nH]c1ccccc12. The van der Waals surface area contributed by atoms with Crippen molar-refractivity contribution in [1.29, 1.82) is 0 Å². The van der Waals surface area contributed by atoms with E-state index >= 15 is 0 Å². The predicted molar refractivity (Wildman–Crippen MR) is 55.8 cm³/mol. The van der Waals surface area contributed by atoms with Crippen molar-refractivity contribution in [2.45, 2.75) is 0 Å². The van der Waals surface area contributed by atoms with Crippen LogP contribution < -0.4 is 0 Å². The topological polar surface area (TPSA) is 15.8 Å². The molecule has 1 heterocycles. The molecule has 70 valence electrons. The maximum atomic E-state index is 3.38. The van der Waals surface area contributed by atoms with E-state index < -0.39 is 0 Å². The van der Waals surface area contributed by atoms with Crippen LogP contribution in [0.1, 0.15) is 0 Å². The Morgan fingerprint density at radius 1 is 0.643 bits per heavy atom. The molecule has 1 N–H and O–H groups in total. The number of aromatic nitrogens is 1. The molecule has 0 atom stereocenters. The molecule has 14 heavy (non-hydrogen) atoms. The van der Waals surface area contributed by atoms with Gasteiger partial charge in [0, 0.05) is 38.9 Å². The Bertz CT molecular complexity index is 518. The number of nitrogens with one attached hydrogen (secondary N) is 1. The van der Waals surface area contributed by atoms with Gasteiger partial charge in [0.05, 0.1) is 0 Å². The molecule has 1 aromatic heterocycles. The van der Waals surface area contributed by atoms with Crippen molar-refractivity contribution >= 4 is 21.8 Å². The summed E-state index contributed by atoms with van der Waals surface area (Å²) in [5.74, 6) is 0. The van der Waals surface area contributed by atoms with Gasteiger partial charge in [0.15, 0.2) is 0 Å². The van der Waals surface area contributed by atoms with Crippen LogP contribution in [0.2, 0.25) is 0 Å². The monoisotopic (exact) mass is 223 g/mol. The average molecular weight is 223 g/mol. The average Bonchev–Trinajstić information content (AvgIpc) is 2.56. The second-order valence-corrected chi connectivity index (χ2v) is 3.22. The van der Waals surface area contributed by atoms with E-state index in [1.807, 2.05) is 0 Å². The molecular weight excluding hydrogens is 214 g/mol. The quantitative estimate of drug-likeness (QED) is 0.562. The summed E-state index contributed by atoms with van der Waals surface area (Å²) in [7, 11) is 0. The molecule has 0 amide bonds. The summed E-state index contributed by atoms with van der Waals surface area (Å²) in [5, 5.41) is 2.61.